The van der Waals surface area contributed by atoms with Crippen LogP contribution in [0.2, 0.25) is 0 Å². The van der Waals surface area contributed by atoms with Crippen molar-refractivity contribution in [2.75, 3.05) is 7.11 Å². The zero-order valence-corrected chi connectivity index (χ0v) is 15.7. The third kappa shape index (κ3) is 6.50. The number of ether oxygens (including phenoxy) is 2. The van der Waals surface area contributed by atoms with Gasteiger partial charge in [0.25, 0.3) is 5.91 Å². The molecule has 0 aliphatic rings. The molecule has 1 N–H and O–H groups in total. The van der Waals surface area contributed by atoms with E-state index in [4.69, 9.17) is 9.47 Å². The van der Waals surface area contributed by atoms with Gasteiger partial charge in [0, 0.05) is 18.5 Å². The Balaban J connectivity index is 1.73. The quantitative estimate of drug-likeness (QED) is 0.528. The molecule has 7 heteroatoms. The van der Waals surface area contributed by atoms with Crippen LogP contribution in [-0.4, -0.2) is 30.9 Å². The van der Waals surface area contributed by atoms with Crippen molar-refractivity contribution in [1.29, 1.82) is 0 Å². The topological polar surface area (TPSA) is 81.7 Å². The van der Waals surface area contributed by atoms with E-state index in [1.807, 2.05) is 12.1 Å². The Labute approximate surface area is 162 Å². The summed E-state index contributed by atoms with van der Waals surface area (Å²) in [6.07, 6.45) is -1.22. The molecular weight excluding hydrogens is 365 g/mol. The fraction of sp³-hybridized carbons (Fsp3) is 0.286. The van der Waals surface area contributed by atoms with Crippen molar-refractivity contribution >= 4 is 17.7 Å². The van der Waals surface area contributed by atoms with Crippen LogP contribution in [0.4, 0.5) is 4.39 Å². The van der Waals surface area contributed by atoms with Crippen LogP contribution in [-0.2, 0) is 20.9 Å². The zero-order chi connectivity index (χ0) is 20.5. The van der Waals surface area contributed by atoms with Gasteiger partial charge in [-0.2, -0.15) is 0 Å². The van der Waals surface area contributed by atoms with E-state index < -0.39 is 23.8 Å². The molecule has 2 rings (SSSR count). The molecule has 0 heterocycles. The summed E-state index contributed by atoms with van der Waals surface area (Å²) >= 11 is 0. The first kappa shape index (κ1) is 21.1. The van der Waals surface area contributed by atoms with E-state index in [0.717, 1.165) is 5.56 Å². The van der Waals surface area contributed by atoms with Gasteiger partial charge in [0.15, 0.2) is 11.9 Å². The number of rotatable bonds is 9. The SMILES string of the molecule is COc1ccc(CNC(=O)[C@@H](C)OC(=O)CCC(=O)c2ccc(F)cc2)cc1. The first-order valence-electron chi connectivity index (χ1n) is 8.78. The molecule has 0 fully saturated rings. The Morgan fingerprint density at radius 3 is 2.25 bits per heavy atom. The Hall–Kier alpha value is -3.22. The Kier molecular flexibility index (Phi) is 7.68. The molecule has 0 aliphatic heterocycles. The number of methoxy groups -OCH3 is 1. The van der Waals surface area contributed by atoms with Crippen LogP contribution < -0.4 is 10.1 Å². The summed E-state index contributed by atoms with van der Waals surface area (Å²) in [6, 6.07) is 12.3. The molecule has 0 aromatic heterocycles. The Bertz CT molecular complexity index is 818. The van der Waals surface area contributed by atoms with Gasteiger partial charge in [-0.3, -0.25) is 14.4 Å². The van der Waals surface area contributed by atoms with Crippen LogP contribution in [0.1, 0.15) is 35.7 Å². The number of carbonyl (C=O) groups is 3. The average molecular weight is 387 g/mol. The highest BCUT2D eigenvalue weighted by atomic mass is 19.1. The van der Waals surface area contributed by atoms with Gasteiger partial charge in [-0.15, -0.1) is 0 Å². The second-order valence-corrected chi connectivity index (χ2v) is 6.13. The van der Waals surface area contributed by atoms with Gasteiger partial charge < -0.3 is 14.8 Å². The molecule has 0 spiro atoms. The number of benzene rings is 2. The molecular formula is C21H22FNO5. The molecule has 0 saturated carbocycles. The highest BCUT2D eigenvalue weighted by Crippen LogP contribution is 2.11. The van der Waals surface area contributed by atoms with Crippen LogP contribution in [0.25, 0.3) is 0 Å². The molecule has 0 bridgehead atoms. The minimum atomic E-state index is -0.980. The van der Waals surface area contributed by atoms with E-state index in [-0.39, 0.29) is 25.2 Å². The average Bonchev–Trinajstić information content (AvgIpc) is 2.71. The lowest BCUT2D eigenvalue weighted by atomic mass is 10.1. The monoisotopic (exact) mass is 387 g/mol. The predicted molar refractivity (Wildman–Crippen MR) is 100 cm³/mol. The van der Waals surface area contributed by atoms with Crippen LogP contribution in [0.15, 0.2) is 48.5 Å². The van der Waals surface area contributed by atoms with E-state index in [1.165, 1.54) is 31.2 Å². The summed E-state index contributed by atoms with van der Waals surface area (Å²) in [4.78, 5) is 35.9. The molecule has 2 aromatic carbocycles. The van der Waals surface area contributed by atoms with Gasteiger partial charge in [-0.25, -0.2) is 4.39 Å². The normalized spacial score (nSPS) is 11.4. The molecule has 148 valence electrons. The molecule has 2 aromatic rings. The van der Waals surface area contributed by atoms with Crippen LogP contribution in [0.5, 0.6) is 5.75 Å². The number of nitrogens with one attached hydrogen (secondary N) is 1. The molecule has 28 heavy (non-hydrogen) atoms. The highest BCUT2D eigenvalue weighted by molar-refractivity contribution is 5.97. The van der Waals surface area contributed by atoms with Crippen molar-refractivity contribution in [2.24, 2.45) is 0 Å². The van der Waals surface area contributed by atoms with Gasteiger partial charge >= 0.3 is 5.97 Å². The Morgan fingerprint density at radius 2 is 1.64 bits per heavy atom. The highest BCUT2D eigenvalue weighted by Gasteiger charge is 2.18. The van der Waals surface area contributed by atoms with Gasteiger partial charge in [0.05, 0.1) is 13.5 Å². The number of esters is 1. The van der Waals surface area contributed by atoms with E-state index >= 15 is 0 Å². The fourth-order valence-electron chi connectivity index (χ4n) is 2.38. The number of Topliss-reactive ketones (excluding diaryl/α,β-unsaturated/α-hetero) is 1. The minimum absolute atomic E-state index is 0.0787. The largest absolute Gasteiger partial charge is 0.497 e. The Morgan fingerprint density at radius 1 is 1.00 bits per heavy atom. The molecule has 0 unspecified atom stereocenters. The molecule has 1 atom stereocenters. The van der Waals surface area contributed by atoms with Crippen molar-refractivity contribution in [3.63, 3.8) is 0 Å². The van der Waals surface area contributed by atoms with E-state index in [9.17, 15) is 18.8 Å². The summed E-state index contributed by atoms with van der Waals surface area (Å²) in [7, 11) is 1.57. The maximum Gasteiger partial charge on any atom is 0.307 e. The third-order valence-electron chi connectivity index (χ3n) is 4.03. The lowest BCUT2D eigenvalue weighted by Crippen LogP contribution is -2.35. The molecule has 0 saturated heterocycles. The van der Waals surface area contributed by atoms with E-state index in [1.54, 1.807) is 19.2 Å². The van der Waals surface area contributed by atoms with E-state index in [2.05, 4.69) is 5.32 Å². The van der Waals surface area contributed by atoms with Crippen molar-refractivity contribution < 1.29 is 28.2 Å². The van der Waals surface area contributed by atoms with Gasteiger partial charge in [0.1, 0.15) is 11.6 Å². The maximum atomic E-state index is 12.9. The maximum absolute atomic E-state index is 12.9. The molecule has 0 aliphatic carbocycles. The van der Waals surface area contributed by atoms with Crippen molar-refractivity contribution in [3.05, 3.63) is 65.5 Å². The van der Waals surface area contributed by atoms with Crippen molar-refractivity contribution in [1.82, 2.24) is 5.32 Å². The second-order valence-electron chi connectivity index (χ2n) is 6.13. The number of halogens is 1. The summed E-state index contributed by atoms with van der Waals surface area (Å²) in [5, 5.41) is 2.68. The lowest BCUT2D eigenvalue weighted by molar-refractivity contribution is -0.154. The predicted octanol–water partition coefficient (Wildman–Crippen LogP) is 3.05. The van der Waals surface area contributed by atoms with Gasteiger partial charge in [-0.05, 0) is 48.9 Å². The standard InChI is InChI=1S/C21H22FNO5/c1-14(21(26)23-13-15-3-9-18(27-2)10-4-15)28-20(25)12-11-19(24)16-5-7-17(22)8-6-16/h3-10,14H,11-13H2,1-2H3,(H,23,26)/t14-/m1/s1. The summed E-state index contributed by atoms with van der Waals surface area (Å²) in [6.45, 7) is 1.75. The zero-order valence-electron chi connectivity index (χ0n) is 15.7. The number of amides is 1. The van der Waals surface area contributed by atoms with Crippen LogP contribution >= 0.6 is 0 Å². The molecule has 0 radical (unpaired) electrons. The van der Waals surface area contributed by atoms with Crippen molar-refractivity contribution in [3.8, 4) is 5.75 Å². The van der Waals surface area contributed by atoms with Crippen LogP contribution in [0, 0.1) is 5.82 Å². The number of hydrogen-bond acceptors (Lipinski definition) is 5. The summed E-state index contributed by atoms with van der Waals surface area (Å²) in [5.41, 5.74) is 1.19. The van der Waals surface area contributed by atoms with Crippen molar-refractivity contribution in [2.45, 2.75) is 32.4 Å². The molecule has 6 nitrogen and oxygen atoms in total. The van der Waals surface area contributed by atoms with Gasteiger partial charge in [-0.1, -0.05) is 12.1 Å². The van der Waals surface area contributed by atoms with E-state index in [0.29, 0.717) is 11.3 Å². The van der Waals surface area contributed by atoms with Crippen LogP contribution in [0.3, 0.4) is 0 Å². The van der Waals surface area contributed by atoms with Gasteiger partial charge in [0.2, 0.25) is 0 Å². The second kappa shape index (κ2) is 10.2. The lowest BCUT2D eigenvalue weighted by Gasteiger charge is -2.13. The number of ketones is 1. The smallest absolute Gasteiger partial charge is 0.307 e. The summed E-state index contributed by atoms with van der Waals surface area (Å²) in [5.74, 6) is -1.11. The third-order valence-corrected chi connectivity index (χ3v) is 4.03. The number of hydrogen-bond donors (Lipinski definition) is 1. The first-order valence-corrected chi connectivity index (χ1v) is 8.78. The number of carbonyl (C=O) groups excluding carboxylic acids is 3. The fourth-order valence-corrected chi connectivity index (χ4v) is 2.38. The molecule has 1 amide bonds. The first-order chi connectivity index (χ1) is 13.4. The minimum Gasteiger partial charge on any atom is -0.497 e. The summed E-state index contributed by atoms with van der Waals surface area (Å²) < 4.78 is 23.0.